The molecule has 0 amide bonds. The number of allylic oxidation sites excluding steroid dienone is 1. The SMILES string of the molecule is CC1=C(N)Nc2cc(CNCc3ccc(CN)cc3)ccc2O1. The van der Waals surface area contributed by atoms with E-state index < -0.39 is 0 Å². The van der Waals surface area contributed by atoms with Crippen LogP contribution in [0.3, 0.4) is 0 Å². The zero-order chi connectivity index (χ0) is 16.2. The van der Waals surface area contributed by atoms with Crippen LogP contribution < -0.4 is 26.8 Å². The first-order valence-corrected chi connectivity index (χ1v) is 7.68. The zero-order valence-electron chi connectivity index (χ0n) is 13.2. The fourth-order valence-corrected chi connectivity index (χ4v) is 2.47. The first-order valence-electron chi connectivity index (χ1n) is 7.68. The second kappa shape index (κ2) is 6.73. The Hall–Kier alpha value is -2.50. The zero-order valence-corrected chi connectivity index (χ0v) is 13.2. The molecule has 0 spiro atoms. The first kappa shape index (κ1) is 15.4. The molecule has 0 aliphatic carbocycles. The Labute approximate surface area is 136 Å². The third kappa shape index (κ3) is 3.64. The summed E-state index contributed by atoms with van der Waals surface area (Å²) in [5.41, 5.74) is 15.9. The Morgan fingerprint density at radius 1 is 1.00 bits per heavy atom. The maximum absolute atomic E-state index is 5.86. The van der Waals surface area contributed by atoms with Gasteiger partial charge in [-0.3, -0.25) is 0 Å². The lowest BCUT2D eigenvalue weighted by atomic mass is 10.1. The molecule has 1 aliphatic rings. The number of benzene rings is 2. The summed E-state index contributed by atoms with van der Waals surface area (Å²) in [4.78, 5) is 0. The Morgan fingerprint density at radius 2 is 1.65 bits per heavy atom. The van der Waals surface area contributed by atoms with Gasteiger partial charge in [0.15, 0.2) is 5.75 Å². The van der Waals surface area contributed by atoms with E-state index in [2.05, 4.69) is 47.0 Å². The molecule has 5 heteroatoms. The van der Waals surface area contributed by atoms with Crippen LogP contribution in [0.1, 0.15) is 23.6 Å². The van der Waals surface area contributed by atoms with Crippen LogP contribution in [0.25, 0.3) is 0 Å². The highest BCUT2D eigenvalue weighted by Gasteiger charge is 2.14. The van der Waals surface area contributed by atoms with Crippen molar-refractivity contribution >= 4 is 5.69 Å². The molecule has 23 heavy (non-hydrogen) atoms. The summed E-state index contributed by atoms with van der Waals surface area (Å²) >= 11 is 0. The van der Waals surface area contributed by atoms with E-state index in [1.54, 1.807) is 0 Å². The van der Waals surface area contributed by atoms with Gasteiger partial charge in [-0.15, -0.1) is 0 Å². The Morgan fingerprint density at radius 3 is 2.39 bits per heavy atom. The number of anilines is 1. The normalized spacial score (nSPS) is 13.3. The number of fused-ring (bicyclic) bond motifs is 1. The molecule has 0 fully saturated rings. The van der Waals surface area contributed by atoms with Crippen LogP contribution in [-0.4, -0.2) is 0 Å². The lowest BCUT2D eigenvalue weighted by molar-refractivity contribution is 0.415. The molecule has 1 heterocycles. The molecule has 0 aromatic heterocycles. The number of nitrogens with two attached hydrogens (primary N) is 2. The van der Waals surface area contributed by atoms with Gasteiger partial charge in [-0.1, -0.05) is 30.3 Å². The summed E-state index contributed by atoms with van der Waals surface area (Å²) in [5, 5.41) is 6.60. The van der Waals surface area contributed by atoms with Crippen molar-refractivity contribution in [3.63, 3.8) is 0 Å². The van der Waals surface area contributed by atoms with Crippen LogP contribution in [-0.2, 0) is 19.6 Å². The van der Waals surface area contributed by atoms with Gasteiger partial charge in [0.05, 0.1) is 5.69 Å². The predicted octanol–water partition coefficient (Wildman–Crippen LogP) is 2.39. The van der Waals surface area contributed by atoms with Crippen molar-refractivity contribution in [2.45, 2.75) is 26.6 Å². The maximum Gasteiger partial charge on any atom is 0.150 e. The van der Waals surface area contributed by atoms with E-state index in [-0.39, 0.29) is 0 Å². The molecule has 3 rings (SSSR count). The summed E-state index contributed by atoms with van der Waals surface area (Å²) < 4.78 is 5.66. The van der Waals surface area contributed by atoms with Crippen molar-refractivity contribution in [2.75, 3.05) is 5.32 Å². The minimum Gasteiger partial charge on any atom is -0.456 e. The van der Waals surface area contributed by atoms with Gasteiger partial charge in [0, 0.05) is 19.6 Å². The third-order valence-corrected chi connectivity index (χ3v) is 3.87. The minimum absolute atomic E-state index is 0.558. The van der Waals surface area contributed by atoms with E-state index in [1.165, 1.54) is 11.1 Å². The summed E-state index contributed by atoms with van der Waals surface area (Å²) in [7, 11) is 0. The second-order valence-corrected chi connectivity index (χ2v) is 5.65. The van der Waals surface area contributed by atoms with E-state index in [9.17, 15) is 0 Å². The molecule has 5 nitrogen and oxygen atoms in total. The molecule has 6 N–H and O–H groups in total. The lowest BCUT2D eigenvalue weighted by Gasteiger charge is -2.21. The maximum atomic E-state index is 5.86. The summed E-state index contributed by atoms with van der Waals surface area (Å²) in [6, 6.07) is 14.4. The number of nitrogens with one attached hydrogen (secondary N) is 2. The van der Waals surface area contributed by atoms with E-state index >= 15 is 0 Å². The van der Waals surface area contributed by atoms with Crippen molar-refractivity contribution in [1.82, 2.24) is 5.32 Å². The van der Waals surface area contributed by atoms with Gasteiger partial charge >= 0.3 is 0 Å². The fourth-order valence-electron chi connectivity index (χ4n) is 2.47. The molecule has 1 aliphatic heterocycles. The highest BCUT2D eigenvalue weighted by Crippen LogP contribution is 2.31. The van der Waals surface area contributed by atoms with E-state index in [0.717, 1.165) is 30.1 Å². The molecule has 2 aromatic carbocycles. The smallest absolute Gasteiger partial charge is 0.150 e. The lowest BCUT2D eigenvalue weighted by Crippen LogP contribution is -2.19. The van der Waals surface area contributed by atoms with Crippen molar-refractivity contribution < 1.29 is 4.74 Å². The van der Waals surface area contributed by atoms with E-state index in [4.69, 9.17) is 16.2 Å². The highest BCUT2D eigenvalue weighted by atomic mass is 16.5. The Kier molecular flexibility index (Phi) is 4.50. The standard InChI is InChI=1S/C18H22N4O/c1-12-18(20)22-16-8-15(6-7-17(16)23-12)11-21-10-14-4-2-13(9-19)3-5-14/h2-8,21-22H,9-11,19-20H2,1H3. The molecular weight excluding hydrogens is 288 g/mol. The van der Waals surface area contributed by atoms with Crippen LogP contribution in [0.4, 0.5) is 5.69 Å². The molecule has 0 atom stereocenters. The van der Waals surface area contributed by atoms with Gasteiger partial charge in [0.1, 0.15) is 11.6 Å². The van der Waals surface area contributed by atoms with Gasteiger partial charge in [0.2, 0.25) is 0 Å². The predicted molar refractivity (Wildman–Crippen MR) is 92.5 cm³/mol. The molecule has 0 unspecified atom stereocenters. The molecule has 2 aromatic rings. The summed E-state index contributed by atoms with van der Waals surface area (Å²) in [6.07, 6.45) is 0. The van der Waals surface area contributed by atoms with Gasteiger partial charge in [-0.05, 0) is 35.7 Å². The van der Waals surface area contributed by atoms with Crippen LogP contribution in [0.5, 0.6) is 5.75 Å². The summed E-state index contributed by atoms with van der Waals surface area (Å²) in [6.45, 7) is 4.01. The van der Waals surface area contributed by atoms with Gasteiger partial charge < -0.3 is 26.8 Å². The number of hydrogen-bond acceptors (Lipinski definition) is 5. The quantitative estimate of drug-likeness (QED) is 0.681. The molecule has 0 radical (unpaired) electrons. The van der Waals surface area contributed by atoms with Crippen LogP contribution in [0.15, 0.2) is 54.0 Å². The average molecular weight is 310 g/mol. The van der Waals surface area contributed by atoms with Crippen LogP contribution >= 0.6 is 0 Å². The Bertz CT molecular complexity index is 722. The average Bonchev–Trinajstić information content (AvgIpc) is 2.57. The molecule has 0 bridgehead atoms. The molecule has 0 saturated carbocycles. The van der Waals surface area contributed by atoms with E-state index in [1.807, 2.05) is 13.0 Å². The van der Waals surface area contributed by atoms with Crippen molar-refractivity contribution in [3.8, 4) is 5.75 Å². The van der Waals surface area contributed by atoms with Crippen molar-refractivity contribution in [1.29, 1.82) is 0 Å². The summed E-state index contributed by atoms with van der Waals surface area (Å²) in [5.74, 6) is 2.06. The Balaban J connectivity index is 1.58. The minimum atomic E-state index is 0.558. The van der Waals surface area contributed by atoms with Crippen LogP contribution in [0, 0.1) is 0 Å². The number of hydrogen-bond donors (Lipinski definition) is 4. The number of rotatable bonds is 5. The van der Waals surface area contributed by atoms with Crippen molar-refractivity contribution in [3.05, 3.63) is 70.7 Å². The van der Waals surface area contributed by atoms with Crippen LogP contribution in [0.2, 0.25) is 0 Å². The van der Waals surface area contributed by atoms with Gasteiger partial charge in [-0.25, -0.2) is 0 Å². The molecule has 120 valence electrons. The molecular formula is C18H22N4O. The third-order valence-electron chi connectivity index (χ3n) is 3.87. The van der Waals surface area contributed by atoms with Gasteiger partial charge in [-0.2, -0.15) is 0 Å². The van der Waals surface area contributed by atoms with Crippen molar-refractivity contribution in [2.24, 2.45) is 11.5 Å². The molecule has 0 saturated heterocycles. The first-order chi connectivity index (χ1) is 11.2. The largest absolute Gasteiger partial charge is 0.456 e. The van der Waals surface area contributed by atoms with Gasteiger partial charge in [0.25, 0.3) is 0 Å². The number of ether oxygens (including phenoxy) is 1. The highest BCUT2D eigenvalue weighted by molar-refractivity contribution is 5.63. The topological polar surface area (TPSA) is 85.3 Å². The fraction of sp³-hybridized carbons (Fsp3) is 0.222. The monoisotopic (exact) mass is 310 g/mol. The second-order valence-electron chi connectivity index (χ2n) is 5.65. The van der Waals surface area contributed by atoms with E-state index in [0.29, 0.717) is 18.1 Å².